The zero-order valence-electron chi connectivity index (χ0n) is 16.0. The molecule has 0 aromatic heterocycles. The average molecular weight is 327 g/mol. The van der Waals surface area contributed by atoms with Crippen LogP contribution in [0.4, 0.5) is 0 Å². The zero-order chi connectivity index (χ0) is 18.5. The van der Waals surface area contributed by atoms with Crippen molar-refractivity contribution in [1.29, 1.82) is 0 Å². The number of nitrogens with two attached hydrogens (primary N) is 1. The maximum Gasteiger partial charge on any atom is 0.272 e. The maximum atomic E-state index is 12.6. The molecule has 0 spiro atoms. The highest BCUT2D eigenvalue weighted by Gasteiger charge is 2.33. The number of hydrogen-bond donors (Lipinski definition) is 1. The van der Waals surface area contributed by atoms with E-state index in [1.54, 1.807) is 32.0 Å². The van der Waals surface area contributed by atoms with Gasteiger partial charge in [0, 0.05) is 19.7 Å². The van der Waals surface area contributed by atoms with Gasteiger partial charge in [0.25, 0.3) is 5.91 Å². The van der Waals surface area contributed by atoms with Crippen LogP contribution in [0.5, 0.6) is 0 Å². The Morgan fingerprint density at radius 3 is 2.00 bits per heavy atom. The molecule has 6 heteroatoms. The monoisotopic (exact) mass is 327 g/mol. The second-order valence-corrected chi connectivity index (χ2v) is 7.36. The summed E-state index contributed by atoms with van der Waals surface area (Å²) < 4.78 is 0. The highest BCUT2D eigenvalue weighted by atomic mass is 16.7. The summed E-state index contributed by atoms with van der Waals surface area (Å²) in [6.45, 7) is 11.5. The van der Waals surface area contributed by atoms with Crippen LogP contribution in [0.15, 0.2) is 11.6 Å². The van der Waals surface area contributed by atoms with Crippen LogP contribution in [0.3, 0.4) is 0 Å². The number of carbonyl (C=O) groups excluding carboxylic acids is 2. The van der Waals surface area contributed by atoms with Crippen molar-refractivity contribution in [2.75, 3.05) is 21.2 Å². The number of nitrogens with zero attached hydrogens (tertiary/aromatic N) is 2. The molecular formula is C17H33N3O3. The van der Waals surface area contributed by atoms with Gasteiger partial charge in [-0.1, -0.05) is 40.7 Å². The normalized spacial score (nSPS) is 15.3. The molecule has 0 saturated heterocycles. The average Bonchev–Trinajstić information content (AvgIpc) is 2.47. The van der Waals surface area contributed by atoms with E-state index in [1.807, 2.05) is 34.6 Å². The Morgan fingerprint density at radius 2 is 1.65 bits per heavy atom. The van der Waals surface area contributed by atoms with E-state index in [9.17, 15) is 9.59 Å². The van der Waals surface area contributed by atoms with Gasteiger partial charge in [0.2, 0.25) is 5.91 Å². The molecule has 0 saturated carbocycles. The summed E-state index contributed by atoms with van der Waals surface area (Å²) in [6, 6.07) is -0.815. The molecule has 23 heavy (non-hydrogen) atoms. The van der Waals surface area contributed by atoms with Crippen molar-refractivity contribution in [3.63, 3.8) is 0 Å². The van der Waals surface area contributed by atoms with Crippen molar-refractivity contribution in [2.24, 2.45) is 17.1 Å². The van der Waals surface area contributed by atoms with Crippen molar-refractivity contribution < 1.29 is 14.4 Å². The van der Waals surface area contributed by atoms with Gasteiger partial charge < -0.3 is 10.6 Å². The number of hydrogen-bond acceptors (Lipinski definition) is 4. The first-order valence-electron chi connectivity index (χ1n) is 7.87. The molecule has 0 aromatic carbocycles. The van der Waals surface area contributed by atoms with E-state index < -0.39 is 6.04 Å². The van der Waals surface area contributed by atoms with E-state index >= 15 is 0 Å². The summed E-state index contributed by atoms with van der Waals surface area (Å²) >= 11 is 0. The van der Waals surface area contributed by atoms with Crippen molar-refractivity contribution >= 4 is 11.8 Å². The van der Waals surface area contributed by atoms with Crippen LogP contribution in [0.25, 0.3) is 0 Å². The molecule has 2 amide bonds. The topological polar surface area (TPSA) is 75.9 Å². The molecule has 0 aliphatic heterocycles. The van der Waals surface area contributed by atoms with E-state index in [2.05, 4.69) is 0 Å². The second-order valence-electron chi connectivity index (χ2n) is 7.36. The van der Waals surface area contributed by atoms with Gasteiger partial charge in [0.15, 0.2) is 0 Å². The number of carbonyl (C=O) groups is 2. The Kier molecular flexibility index (Phi) is 7.94. The molecule has 0 bridgehead atoms. The minimum absolute atomic E-state index is 0.132. The number of amides is 2. The SMILES string of the molecule is CON(C)C(=O)/C(C)=C/[C@H](C(C)C)N(C)C(=O)[C@@H](N)C(C)(C)C. The molecule has 0 unspecified atom stereocenters. The van der Waals surface area contributed by atoms with Crippen molar-refractivity contribution in [3.8, 4) is 0 Å². The molecule has 0 rings (SSSR count). The minimum atomic E-state index is -0.597. The smallest absolute Gasteiger partial charge is 0.272 e. The Balaban J connectivity index is 5.42. The van der Waals surface area contributed by atoms with E-state index in [0.717, 1.165) is 5.06 Å². The summed E-state index contributed by atoms with van der Waals surface area (Å²) in [5, 5.41) is 1.16. The summed E-state index contributed by atoms with van der Waals surface area (Å²) in [5.74, 6) is -0.223. The van der Waals surface area contributed by atoms with Crippen molar-refractivity contribution in [3.05, 3.63) is 11.6 Å². The Morgan fingerprint density at radius 1 is 1.17 bits per heavy atom. The van der Waals surface area contributed by atoms with Crippen LogP contribution in [0, 0.1) is 11.3 Å². The molecule has 0 aromatic rings. The molecule has 2 N–H and O–H groups in total. The van der Waals surface area contributed by atoms with E-state index in [1.165, 1.54) is 7.11 Å². The first-order chi connectivity index (χ1) is 10.3. The zero-order valence-corrected chi connectivity index (χ0v) is 16.0. The molecule has 2 atom stereocenters. The lowest BCUT2D eigenvalue weighted by atomic mass is 9.86. The fourth-order valence-corrected chi connectivity index (χ4v) is 2.15. The van der Waals surface area contributed by atoms with Gasteiger partial charge in [-0.25, -0.2) is 5.06 Å². The third kappa shape index (κ3) is 5.95. The molecule has 0 radical (unpaired) electrons. The van der Waals surface area contributed by atoms with Crippen LogP contribution in [0.2, 0.25) is 0 Å². The quantitative estimate of drug-likeness (QED) is 0.596. The van der Waals surface area contributed by atoms with E-state index in [-0.39, 0.29) is 29.2 Å². The van der Waals surface area contributed by atoms with Crippen LogP contribution in [-0.4, -0.2) is 55.1 Å². The summed E-state index contributed by atoms with van der Waals surface area (Å²) in [5.41, 5.74) is 6.29. The predicted octanol–water partition coefficient (Wildman–Crippen LogP) is 1.81. The number of hydroxylamine groups is 2. The Hall–Kier alpha value is -1.40. The molecule has 6 nitrogen and oxygen atoms in total. The third-order valence-corrected chi connectivity index (χ3v) is 3.99. The molecule has 0 fully saturated rings. The molecule has 0 aliphatic rings. The number of rotatable bonds is 6. The summed E-state index contributed by atoms with van der Waals surface area (Å²) in [6.07, 6.45) is 1.80. The summed E-state index contributed by atoms with van der Waals surface area (Å²) in [4.78, 5) is 31.3. The van der Waals surface area contributed by atoms with Gasteiger partial charge in [-0.2, -0.15) is 0 Å². The molecule has 134 valence electrons. The Bertz CT molecular complexity index is 452. The highest BCUT2D eigenvalue weighted by molar-refractivity contribution is 5.92. The summed E-state index contributed by atoms with van der Waals surface area (Å²) in [7, 11) is 4.71. The maximum absolute atomic E-state index is 12.6. The van der Waals surface area contributed by atoms with E-state index in [0.29, 0.717) is 5.57 Å². The third-order valence-electron chi connectivity index (χ3n) is 3.99. The number of likely N-dealkylation sites (N-methyl/N-ethyl adjacent to an activating group) is 2. The van der Waals surface area contributed by atoms with Crippen LogP contribution >= 0.6 is 0 Å². The standard InChI is InChI=1S/C17H33N3O3/c1-11(2)13(10-12(3)15(21)20(8)23-9)19(7)16(22)14(18)17(4,5)6/h10-11,13-14H,18H2,1-9H3/b12-10+/t13-,14-/m1/s1. The molecule has 0 heterocycles. The Labute approximate surface area is 140 Å². The van der Waals surface area contributed by atoms with Gasteiger partial charge in [-0.15, -0.1) is 0 Å². The lowest BCUT2D eigenvalue weighted by Crippen LogP contribution is -2.52. The predicted molar refractivity (Wildman–Crippen MR) is 92.4 cm³/mol. The van der Waals surface area contributed by atoms with Gasteiger partial charge in [0.05, 0.1) is 19.2 Å². The largest absolute Gasteiger partial charge is 0.338 e. The fourth-order valence-electron chi connectivity index (χ4n) is 2.15. The molecular weight excluding hydrogens is 294 g/mol. The van der Waals surface area contributed by atoms with Crippen molar-refractivity contribution in [2.45, 2.75) is 53.6 Å². The van der Waals surface area contributed by atoms with Gasteiger partial charge in [-0.05, 0) is 18.3 Å². The first kappa shape index (κ1) is 21.6. The molecule has 0 aliphatic carbocycles. The highest BCUT2D eigenvalue weighted by Crippen LogP contribution is 2.22. The van der Waals surface area contributed by atoms with Crippen LogP contribution in [-0.2, 0) is 14.4 Å². The van der Waals surface area contributed by atoms with Gasteiger partial charge >= 0.3 is 0 Å². The van der Waals surface area contributed by atoms with Crippen molar-refractivity contribution in [1.82, 2.24) is 9.96 Å². The first-order valence-corrected chi connectivity index (χ1v) is 7.87. The lowest BCUT2D eigenvalue weighted by molar-refractivity contribution is -0.164. The minimum Gasteiger partial charge on any atom is -0.338 e. The fraction of sp³-hybridized carbons (Fsp3) is 0.765. The van der Waals surface area contributed by atoms with Crippen LogP contribution in [0.1, 0.15) is 41.5 Å². The van der Waals surface area contributed by atoms with Gasteiger partial charge in [-0.3, -0.25) is 14.4 Å². The van der Waals surface area contributed by atoms with E-state index in [4.69, 9.17) is 10.6 Å². The van der Waals surface area contributed by atoms with Crippen LogP contribution < -0.4 is 5.73 Å². The van der Waals surface area contributed by atoms with Gasteiger partial charge in [0.1, 0.15) is 0 Å². The second kappa shape index (κ2) is 8.45. The lowest BCUT2D eigenvalue weighted by Gasteiger charge is -2.35.